The third-order valence-corrected chi connectivity index (χ3v) is 5.21. The number of hydrogen-bond acceptors (Lipinski definition) is 4. The van der Waals surface area contributed by atoms with Gasteiger partial charge in [0.1, 0.15) is 0 Å². The summed E-state index contributed by atoms with van der Waals surface area (Å²) >= 11 is 0. The number of carbonyl (C=O) groups excluding carboxylic acids is 2. The van der Waals surface area contributed by atoms with E-state index in [-0.39, 0.29) is 11.8 Å². The minimum absolute atomic E-state index is 0.0871. The summed E-state index contributed by atoms with van der Waals surface area (Å²) < 4.78 is 5.28. The summed E-state index contributed by atoms with van der Waals surface area (Å²) in [5.74, 6) is -2.73. The molecule has 3 rings (SSSR count). The fourth-order valence-electron chi connectivity index (χ4n) is 3.54. The SMILES string of the molecule is Cc1c(NC(=O)C2CC=CCC2C(=O)O)cccc1C(=O)N1CCOCC1. The molecule has 1 aromatic carbocycles. The molecule has 2 amide bonds. The average Bonchev–Trinajstić information content (AvgIpc) is 2.69. The van der Waals surface area contributed by atoms with E-state index in [1.165, 1.54) is 0 Å². The Morgan fingerprint density at radius 3 is 2.44 bits per heavy atom. The summed E-state index contributed by atoms with van der Waals surface area (Å²) in [5, 5.41) is 12.2. The van der Waals surface area contributed by atoms with Crippen LogP contribution in [0.2, 0.25) is 0 Å². The molecule has 2 aliphatic rings. The van der Waals surface area contributed by atoms with Gasteiger partial charge >= 0.3 is 5.97 Å². The van der Waals surface area contributed by atoms with E-state index in [2.05, 4.69) is 5.32 Å². The Morgan fingerprint density at radius 1 is 1.11 bits per heavy atom. The van der Waals surface area contributed by atoms with E-state index in [1.807, 2.05) is 6.08 Å². The zero-order valence-corrected chi connectivity index (χ0v) is 15.3. The molecule has 1 aromatic rings. The van der Waals surface area contributed by atoms with Crippen molar-refractivity contribution in [1.29, 1.82) is 0 Å². The van der Waals surface area contributed by atoms with E-state index in [0.717, 1.165) is 0 Å². The van der Waals surface area contributed by atoms with Gasteiger partial charge in [0.2, 0.25) is 5.91 Å². The largest absolute Gasteiger partial charge is 0.481 e. The van der Waals surface area contributed by atoms with Crippen LogP contribution >= 0.6 is 0 Å². The van der Waals surface area contributed by atoms with Crippen LogP contribution in [0.1, 0.15) is 28.8 Å². The number of carboxylic acid groups (broad SMARTS) is 1. The molecule has 2 atom stereocenters. The van der Waals surface area contributed by atoms with Gasteiger partial charge in [-0.3, -0.25) is 14.4 Å². The Bertz CT molecular complexity index is 768. The van der Waals surface area contributed by atoms with Crippen molar-refractivity contribution in [3.05, 3.63) is 41.5 Å². The Balaban J connectivity index is 1.77. The second kappa shape index (κ2) is 8.35. The molecular weight excluding hydrogens is 348 g/mol. The maximum atomic E-state index is 12.8. The van der Waals surface area contributed by atoms with E-state index in [0.29, 0.717) is 56.0 Å². The number of benzene rings is 1. The summed E-state index contributed by atoms with van der Waals surface area (Å²) in [5.41, 5.74) is 1.76. The number of carbonyl (C=O) groups is 3. The van der Waals surface area contributed by atoms with Crippen LogP contribution in [0.15, 0.2) is 30.4 Å². The third-order valence-electron chi connectivity index (χ3n) is 5.21. The van der Waals surface area contributed by atoms with Gasteiger partial charge in [-0.25, -0.2) is 0 Å². The van der Waals surface area contributed by atoms with Crippen LogP contribution in [-0.2, 0) is 14.3 Å². The van der Waals surface area contributed by atoms with Gasteiger partial charge < -0.3 is 20.1 Å². The Morgan fingerprint density at radius 2 is 1.78 bits per heavy atom. The lowest BCUT2D eigenvalue weighted by Gasteiger charge is -2.28. The number of amides is 2. The number of carboxylic acids is 1. The lowest BCUT2D eigenvalue weighted by Crippen LogP contribution is -2.41. The molecule has 1 saturated heterocycles. The van der Waals surface area contributed by atoms with E-state index in [1.54, 1.807) is 36.1 Å². The normalized spacial score (nSPS) is 22.3. The molecule has 1 fully saturated rings. The highest BCUT2D eigenvalue weighted by Crippen LogP contribution is 2.28. The van der Waals surface area contributed by atoms with Gasteiger partial charge in [-0.05, 0) is 37.5 Å². The number of nitrogens with zero attached hydrogens (tertiary/aromatic N) is 1. The molecular formula is C20H24N2O5. The molecule has 0 radical (unpaired) electrons. The van der Waals surface area contributed by atoms with Crippen molar-refractivity contribution in [1.82, 2.24) is 4.90 Å². The number of rotatable bonds is 4. The van der Waals surface area contributed by atoms with E-state index in [4.69, 9.17) is 4.74 Å². The first-order valence-corrected chi connectivity index (χ1v) is 9.14. The quantitative estimate of drug-likeness (QED) is 0.789. The first kappa shape index (κ1) is 19.1. The van der Waals surface area contributed by atoms with Crippen LogP contribution in [0, 0.1) is 18.8 Å². The molecule has 27 heavy (non-hydrogen) atoms. The highest BCUT2D eigenvalue weighted by Gasteiger charge is 2.34. The summed E-state index contributed by atoms with van der Waals surface area (Å²) in [4.78, 5) is 38.6. The summed E-state index contributed by atoms with van der Waals surface area (Å²) in [6, 6.07) is 5.20. The fraction of sp³-hybridized carbons (Fsp3) is 0.450. The topological polar surface area (TPSA) is 95.9 Å². The monoisotopic (exact) mass is 372 g/mol. The van der Waals surface area contributed by atoms with Gasteiger partial charge in [0.25, 0.3) is 5.91 Å². The van der Waals surface area contributed by atoms with Crippen molar-refractivity contribution in [2.75, 3.05) is 31.6 Å². The fourth-order valence-corrected chi connectivity index (χ4v) is 3.54. The molecule has 0 aromatic heterocycles. The predicted molar refractivity (Wildman–Crippen MR) is 99.5 cm³/mol. The minimum Gasteiger partial charge on any atom is -0.481 e. The molecule has 1 aliphatic carbocycles. The number of nitrogens with one attached hydrogen (secondary N) is 1. The Hall–Kier alpha value is -2.67. The Labute approximate surface area is 158 Å². The average molecular weight is 372 g/mol. The van der Waals surface area contributed by atoms with Crippen LogP contribution in [0.5, 0.6) is 0 Å². The van der Waals surface area contributed by atoms with Crippen molar-refractivity contribution in [2.45, 2.75) is 19.8 Å². The van der Waals surface area contributed by atoms with E-state index >= 15 is 0 Å². The van der Waals surface area contributed by atoms with Crippen molar-refractivity contribution >= 4 is 23.5 Å². The number of hydrogen-bond donors (Lipinski definition) is 2. The molecule has 7 nitrogen and oxygen atoms in total. The van der Waals surface area contributed by atoms with Crippen molar-refractivity contribution in [3.63, 3.8) is 0 Å². The van der Waals surface area contributed by atoms with Crippen LogP contribution in [-0.4, -0.2) is 54.1 Å². The van der Waals surface area contributed by atoms with Crippen molar-refractivity contribution in [3.8, 4) is 0 Å². The maximum Gasteiger partial charge on any atom is 0.307 e. The van der Waals surface area contributed by atoms with Gasteiger partial charge in [-0.2, -0.15) is 0 Å². The van der Waals surface area contributed by atoms with Gasteiger partial charge in [0, 0.05) is 24.3 Å². The van der Waals surface area contributed by atoms with Gasteiger partial charge in [0.05, 0.1) is 25.0 Å². The number of anilines is 1. The van der Waals surface area contributed by atoms with E-state index in [9.17, 15) is 19.5 Å². The lowest BCUT2D eigenvalue weighted by molar-refractivity contribution is -0.146. The summed E-state index contributed by atoms with van der Waals surface area (Å²) in [6.07, 6.45) is 4.39. The first-order valence-electron chi connectivity index (χ1n) is 9.14. The number of morpholine rings is 1. The van der Waals surface area contributed by atoms with Gasteiger partial charge in [-0.1, -0.05) is 18.2 Å². The minimum atomic E-state index is -0.965. The molecule has 2 N–H and O–H groups in total. The smallest absolute Gasteiger partial charge is 0.307 e. The van der Waals surface area contributed by atoms with Crippen LogP contribution in [0.25, 0.3) is 0 Å². The van der Waals surface area contributed by atoms with Crippen molar-refractivity contribution in [2.24, 2.45) is 11.8 Å². The molecule has 1 aliphatic heterocycles. The highest BCUT2D eigenvalue weighted by atomic mass is 16.5. The van der Waals surface area contributed by atoms with Crippen LogP contribution < -0.4 is 5.32 Å². The summed E-state index contributed by atoms with van der Waals surface area (Å²) in [7, 11) is 0. The van der Waals surface area contributed by atoms with Gasteiger partial charge in [0.15, 0.2) is 0 Å². The highest BCUT2D eigenvalue weighted by molar-refractivity contribution is 6.00. The number of ether oxygens (including phenoxy) is 1. The lowest BCUT2D eigenvalue weighted by atomic mass is 9.82. The second-order valence-corrected chi connectivity index (χ2v) is 6.87. The zero-order valence-electron chi connectivity index (χ0n) is 15.3. The molecule has 2 unspecified atom stereocenters. The maximum absolute atomic E-state index is 12.8. The summed E-state index contributed by atoms with van der Waals surface area (Å²) in [6.45, 7) is 3.92. The van der Waals surface area contributed by atoms with Gasteiger partial charge in [-0.15, -0.1) is 0 Å². The number of allylic oxidation sites excluding steroid dienone is 2. The molecule has 144 valence electrons. The second-order valence-electron chi connectivity index (χ2n) is 6.87. The zero-order chi connectivity index (χ0) is 19.4. The molecule has 7 heteroatoms. The molecule has 1 heterocycles. The number of aliphatic carboxylic acids is 1. The standard InChI is InChI=1S/C20H24N2O5/c1-13-14(19(24)22-9-11-27-12-10-22)7-4-8-17(13)21-18(23)15-5-2-3-6-16(15)20(25)26/h2-4,7-8,15-16H,5-6,9-12H2,1H3,(H,21,23)(H,25,26). The molecule has 0 saturated carbocycles. The molecule has 0 spiro atoms. The van der Waals surface area contributed by atoms with Crippen LogP contribution in [0.4, 0.5) is 5.69 Å². The molecule has 0 bridgehead atoms. The first-order chi connectivity index (χ1) is 13.0. The third kappa shape index (κ3) is 4.19. The Kier molecular flexibility index (Phi) is 5.91. The van der Waals surface area contributed by atoms with Crippen LogP contribution in [0.3, 0.4) is 0 Å². The predicted octanol–water partition coefficient (Wildman–Crippen LogP) is 2.07. The van der Waals surface area contributed by atoms with Crippen molar-refractivity contribution < 1.29 is 24.2 Å². The van der Waals surface area contributed by atoms with E-state index < -0.39 is 17.8 Å².